The zero-order valence-corrected chi connectivity index (χ0v) is 17.2. The van der Waals surface area contributed by atoms with Crippen LogP contribution in [0.2, 0.25) is 0 Å². The maximum atomic E-state index is 12.7. The Labute approximate surface area is 179 Å². The first-order chi connectivity index (χ1) is 15.2. The summed E-state index contributed by atoms with van der Waals surface area (Å²) in [6.45, 7) is 2.00. The summed E-state index contributed by atoms with van der Waals surface area (Å²) in [7, 11) is 2.11. The highest BCUT2D eigenvalue weighted by molar-refractivity contribution is 6.02. The molecule has 0 spiro atoms. The predicted molar refractivity (Wildman–Crippen MR) is 117 cm³/mol. The second-order valence-corrected chi connectivity index (χ2v) is 7.81. The van der Waals surface area contributed by atoms with Crippen molar-refractivity contribution in [3.8, 4) is 11.1 Å². The number of hydrogen-bond donors (Lipinski definition) is 1. The largest absolute Gasteiger partial charge is 0.448 e. The zero-order valence-electron chi connectivity index (χ0n) is 17.2. The first-order valence-corrected chi connectivity index (χ1v) is 10.3. The maximum absolute atomic E-state index is 12.7. The number of aromatic nitrogens is 4. The molecule has 1 aliphatic rings. The average molecular weight is 414 g/mol. The van der Waals surface area contributed by atoms with E-state index in [0.717, 1.165) is 48.0 Å². The van der Waals surface area contributed by atoms with Gasteiger partial charge in [0.1, 0.15) is 6.26 Å². The van der Waals surface area contributed by atoms with Gasteiger partial charge in [-0.2, -0.15) is 0 Å². The summed E-state index contributed by atoms with van der Waals surface area (Å²) >= 11 is 0. The molecule has 1 saturated heterocycles. The summed E-state index contributed by atoms with van der Waals surface area (Å²) in [5, 5.41) is 3.61. The van der Waals surface area contributed by atoms with E-state index in [1.807, 2.05) is 30.3 Å². The van der Waals surface area contributed by atoms with E-state index in [4.69, 9.17) is 4.42 Å². The minimum atomic E-state index is -0.384. The van der Waals surface area contributed by atoms with Gasteiger partial charge in [0.25, 0.3) is 5.91 Å². The SMILES string of the molecule is CN1CCC(c2nc(C(=O)Nc3ncc4ccc(-c5cccnc5)cc4n3)co2)CC1. The van der Waals surface area contributed by atoms with E-state index in [0.29, 0.717) is 5.89 Å². The molecule has 8 nitrogen and oxygen atoms in total. The van der Waals surface area contributed by atoms with E-state index in [2.05, 4.69) is 37.2 Å². The molecule has 0 radical (unpaired) electrons. The Morgan fingerprint density at radius 1 is 1.13 bits per heavy atom. The topological polar surface area (TPSA) is 97.0 Å². The van der Waals surface area contributed by atoms with Gasteiger partial charge in [-0.3, -0.25) is 15.1 Å². The standard InChI is InChI=1S/C23H22N6O2/c1-29-9-6-15(7-10-29)22-26-20(14-31-22)21(30)28-23-25-13-18-5-4-16(11-19(18)27-23)17-3-2-8-24-12-17/h2-5,8,11-15H,6-7,9-10H2,1H3,(H,25,27,28,30). The Bertz CT molecular complexity index is 1220. The van der Waals surface area contributed by atoms with Crippen molar-refractivity contribution in [2.24, 2.45) is 0 Å². The Hall–Kier alpha value is -3.65. The molecule has 0 unspecified atom stereocenters. The molecule has 0 bridgehead atoms. The van der Waals surface area contributed by atoms with Crippen molar-refractivity contribution < 1.29 is 9.21 Å². The Morgan fingerprint density at radius 2 is 2.00 bits per heavy atom. The number of nitrogens with one attached hydrogen (secondary N) is 1. The monoisotopic (exact) mass is 414 g/mol. The number of anilines is 1. The molecule has 1 fully saturated rings. The van der Waals surface area contributed by atoms with E-state index >= 15 is 0 Å². The Morgan fingerprint density at radius 3 is 2.81 bits per heavy atom. The smallest absolute Gasteiger partial charge is 0.279 e. The molecule has 1 aliphatic heterocycles. The summed E-state index contributed by atoms with van der Waals surface area (Å²) in [6, 6.07) is 9.79. The molecule has 4 heterocycles. The summed E-state index contributed by atoms with van der Waals surface area (Å²) in [5.74, 6) is 0.717. The quantitative estimate of drug-likeness (QED) is 0.543. The van der Waals surface area contributed by atoms with Gasteiger partial charge in [0.15, 0.2) is 11.6 Å². The number of piperidine rings is 1. The van der Waals surface area contributed by atoms with Crippen LogP contribution in [-0.2, 0) is 0 Å². The molecule has 4 aromatic rings. The van der Waals surface area contributed by atoms with Crippen LogP contribution in [0.5, 0.6) is 0 Å². The van der Waals surface area contributed by atoms with Gasteiger partial charge in [0.05, 0.1) is 5.52 Å². The van der Waals surface area contributed by atoms with Crippen molar-refractivity contribution >= 4 is 22.8 Å². The van der Waals surface area contributed by atoms with Gasteiger partial charge in [0, 0.05) is 35.5 Å². The lowest BCUT2D eigenvalue weighted by molar-refractivity contribution is 0.102. The van der Waals surface area contributed by atoms with E-state index < -0.39 is 0 Å². The molecule has 0 atom stereocenters. The first-order valence-electron chi connectivity index (χ1n) is 10.3. The summed E-state index contributed by atoms with van der Waals surface area (Å²) in [5.41, 5.74) is 2.97. The molecule has 156 valence electrons. The number of hydrogen-bond acceptors (Lipinski definition) is 7. The van der Waals surface area contributed by atoms with Crippen LogP contribution in [0, 0.1) is 0 Å². The number of rotatable bonds is 4. The average Bonchev–Trinajstić information content (AvgIpc) is 3.30. The van der Waals surface area contributed by atoms with Crippen molar-refractivity contribution in [3.63, 3.8) is 0 Å². The molecule has 3 aromatic heterocycles. The summed E-state index contributed by atoms with van der Waals surface area (Å²) in [6.07, 6.45) is 8.60. The minimum Gasteiger partial charge on any atom is -0.448 e. The van der Waals surface area contributed by atoms with Gasteiger partial charge in [0.2, 0.25) is 5.95 Å². The molecule has 0 saturated carbocycles. The van der Waals surface area contributed by atoms with Crippen LogP contribution in [0.1, 0.15) is 35.1 Å². The normalized spacial score (nSPS) is 15.3. The molecular weight excluding hydrogens is 392 g/mol. The van der Waals surface area contributed by atoms with Gasteiger partial charge in [-0.1, -0.05) is 18.2 Å². The third kappa shape index (κ3) is 4.15. The molecule has 1 N–H and O–H groups in total. The summed E-state index contributed by atoms with van der Waals surface area (Å²) in [4.78, 5) is 32.3. The van der Waals surface area contributed by atoms with Crippen molar-refractivity contribution in [1.29, 1.82) is 0 Å². The Balaban J connectivity index is 1.33. The highest BCUT2D eigenvalue weighted by atomic mass is 16.3. The number of carbonyl (C=O) groups excluding carboxylic acids is 1. The number of carbonyl (C=O) groups is 1. The van der Waals surface area contributed by atoms with E-state index in [9.17, 15) is 4.79 Å². The van der Waals surface area contributed by atoms with Crippen LogP contribution in [0.3, 0.4) is 0 Å². The van der Waals surface area contributed by atoms with Crippen LogP contribution >= 0.6 is 0 Å². The van der Waals surface area contributed by atoms with Gasteiger partial charge in [-0.05, 0) is 50.7 Å². The van der Waals surface area contributed by atoms with Gasteiger partial charge >= 0.3 is 0 Å². The van der Waals surface area contributed by atoms with Crippen LogP contribution in [0.4, 0.5) is 5.95 Å². The van der Waals surface area contributed by atoms with Gasteiger partial charge < -0.3 is 9.32 Å². The molecule has 1 amide bonds. The number of fused-ring (bicyclic) bond motifs is 1. The fourth-order valence-corrected chi connectivity index (χ4v) is 3.80. The lowest BCUT2D eigenvalue weighted by Gasteiger charge is -2.26. The van der Waals surface area contributed by atoms with Gasteiger partial charge in [-0.15, -0.1) is 0 Å². The lowest BCUT2D eigenvalue weighted by Crippen LogP contribution is -2.29. The number of oxazole rings is 1. The zero-order chi connectivity index (χ0) is 21.2. The van der Waals surface area contributed by atoms with Crippen LogP contribution in [0.15, 0.2) is 59.6 Å². The minimum absolute atomic E-state index is 0.227. The van der Waals surface area contributed by atoms with Gasteiger partial charge in [-0.25, -0.2) is 15.0 Å². The van der Waals surface area contributed by atoms with Crippen molar-refractivity contribution in [3.05, 3.63) is 66.8 Å². The second kappa shape index (κ2) is 8.23. The predicted octanol–water partition coefficient (Wildman–Crippen LogP) is 3.74. The molecule has 1 aromatic carbocycles. The van der Waals surface area contributed by atoms with Crippen LogP contribution in [-0.4, -0.2) is 50.9 Å². The third-order valence-corrected chi connectivity index (χ3v) is 5.63. The highest BCUT2D eigenvalue weighted by Gasteiger charge is 2.24. The van der Waals surface area contributed by atoms with Crippen molar-refractivity contribution in [2.45, 2.75) is 18.8 Å². The molecule has 5 rings (SSSR count). The lowest BCUT2D eigenvalue weighted by atomic mass is 9.97. The fourth-order valence-electron chi connectivity index (χ4n) is 3.80. The number of pyridine rings is 1. The number of nitrogens with zero attached hydrogens (tertiary/aromatic N) is 5. The number of likely N-dealkylation sites (tertiary alicyclic amines) is 1. The molecule has 8 heteroatoms. The Kier molecular flexibility index (Phi) is 5.13. The van der Waals surface area contributed by atoms with Crippen molar-refractivity contribution in [1.82, 2.24) is 24.8 Å². The first kappa shape index (κ1) is 19.3. The van der Waals surface area contributed by atoms with E-state index in [1.165, 1.54) is 6.26 Å². The molecule has 0 aliphatic carbocycles. The third-order valence-electron chi connectivity index (χ3n) is 5.63. The van der Waals surface area contributed by atoms with E-state index in [1.54, 1.807) is 18.6 Å². The maximum Gasteiger partial charge on any atom is 0.279 e. The second-order valence-electron chi connectivity index (χ2n) is 7.81. The van der Waals surface area contributed by atoms with Crippen LogP contribution in [0.25, 0.3) is 22.0 Å². The summed E-state index contributed by atoms with van der Waals surface area (Å²) < 4.78 is 5.60. The highest BCUT2D eigenvalue weighted by Crippen LogP contribution is 2.27. The molecule has 31 heavy (non-hydrogen) atoms. The van der Waals surface area contributed by atoms with Crippen molar-refractivity contribution in [2.75, 3.05) is 25.5 Å². The molecular formula is C23H22N6O2. The van der Waals surface area contributed by atoms with Crippen LogP contribution < -0.4 is 5.32 Å². The van der Waals surface area contributed by atoms with E-state index in [-0.39, 0.29) is 23.5 Å². The number of benzene rings is 1. The number of amides is 1. The fraction of sp³-hybridized carbons (Fsp3) is 0.261.